The third-order valence-corrected chi connectivity index (χ3v) is 4.41. The van der Waals surface area contributed by atoms with Gasteiger partial charge in [0, 0.05) is 37.6 Å². The number of rotatable bonds is 4. The summed E-state index contributed by atoms with van der Waals surface area (Å²) in [5, 5.41) is 0. The Hall–Kier alpha value is -1.69. The lowest BCUT2D eigenvalue weighted by atomic mass is 10.1. The lowest BCUT2D eigenvalue weighted by Crippen LogP contribution is -2.39. The molecule has 1 unspecified atom stereocenters. The molecular formula is C15H23N5O. The van der Waals surface area contributed by atoms with E-state index in [2.05, 4.69) is 19.8 Å². The molecule has 6 heteroatoms. The van der Waals surface area contributed by atoms with Crippen molar-refractivity contribution < 1.29 is 4.79 Å². The van der Waals surface area contributed by atoms with Gasteiger partial charge in [-0.2, -0.15) is 0 Å². The highest BCUT2D eigenvalue weighted by molar-refractivity contribution is 5.80. The fourth-order valence-corrected chi connectivity index (χ4v) is 3.26. The highest BCUT2D eigenvalue weighted by atomic mass is 16.1. The van der Waals surface area contributed by atoms with Crippen LogP contribution in [0.25, 0.3) is 0 Å². The lowest BCUT2D eigenvalue weighted by molar-refractivity contribution is -0.122. The molecule has 2 N–H and O–H groups in total. The molecule has 2 saturated heterocycles. The second kappa shape index (κ2) is 6.39. The van der Waals surface area contributed by atoms with Gasteiger partial charge in [-0.1, -0.05) is 0 Å². The van der Waals surface area contributed by atoms with Crippen LogP contribution in [-0.4, -0.2) is 46.5 Å². The second-order valence-corrected chi connectivity index (χ2v) is 5.97. The number of hydrogen-bond acceptors (Lipinski definition) is 5. The lowest BCUT2D eigenvalue weighted by Gasteiger charge is -2.26. The summed E-state index contributed by atoms with van der Waals surface area (Å²) in [6, 6.07) is -0.133. The molecule has 3 heterocycles. The van der Waals surface area contributed by atoms with Crippen LogP contribution in [0.15, 0.2) is 12.4 Å². The molecule has 1 aromatic heterocycles. The SMILES string of the molecule is NC(=O)C1CCCN1Cc1cnc(N2CCCCC2)nc1. The van der Waals surface area contributed by atoms with Gasteiger partial charge in [-0.15, -0.1) is 0 Å². The maximum absolute atomic E-state index is 11.4. The van der Waals surface area contributed by atoms with E-state index in [0.29, 0.717) is 6.54 Å². The molecule has 3 rings (SSSR count). The Balaban J connectivity index is 1.62. The molecule has 1 aromatic rings. The summed E-state index contributed by atoms with van der Waals surface area (Å²) in [5.41, 5.74) is 6.49. The summed E-state index contributed by atoms with van der Waals surface area (Å²) in [7, 11) is 0. The minimum atomic E-state index is -0.224. The minimum Gasteiger partial charge on any atom is -0.368 e. The average molecular weight is 289 g/mol. The fourth-order valence-electron chi connectivity index (χ4n) is 3.26. The third-order valence-electron chi connectivity index (χ3n) is 4.41. The first kappa shape index (κ1) is 14.3. The number of anilines is 1. The average Bonchev–Trinajstić information content (AvgIpc) is 2.97. The molecule has 114 valence electrons. The van der Waals surface area contributed by atoms with Crippen LogP contribution in [0.1, 0.15) is 37.7 Å². The summed E-state index contributed by atoms with van der Waals surface area (Å²) in [4.78, 5) is 24.7. The van der Waals surface area contributed by atoms with Crippen LogP contribution >= 0.6 is 0 Å². The van der Waals surface area contributed by atoms with E-state index in [0.717, 1.165) is 44.0 Å². The smallest absolute Gasteiger partial charge is 0.234 e. The second-order valence-electron chi connectivity index (χ2n) is 5.97. The molecule has 0 aliphatic carbocycles. The van der Waals surface area contributed by atoms with Gasteiger partial charge in [0.05, 0.1) is 6.04 Å². The van der Waals surface area contributed by atoms with Gasteiger partial charge in [0.15, 0.2) is 0 Å². The number of hydrogen-bond donors (Lipinski definition) is 1. The van der Waals surface area contributed by atoms with Gasteiger partial charge in [-0.25, -0.2) is 9.97 Å². The van der Waals surface area contributed by atoms with Crippen LogP contribution in [0.2, 0.25) is 0 Å². The molecule has 2 fully saturated rings. The Kier molecular flexibility index (Phi) is 4.34. The Bertz CT molecular complexity index is 483. The van der Waals surface area contributed by atoms with Crippen molar-refractivity contribution in [1.82, 2.24) is 14.9 Å². The quantitative estimate of drug-likeness (QED) is 0.892. The highest BCUT2D eigenvalue weighted by Crippen LogP contribution is 2.20. The van der Waals surface area contributed by atoms with Gasteiger partial charge in [0.1, 0.15) is 0 Å². The Morgan fingerprint density at radius 1 is 1.14 bits per heavy atom. The third kappa shape index (κ3) is 3.32. The molecule has 2 aliphatic heterocycles. The molecule has 1 amide bonds. The summed E-state index contributed by atoms with van der Waals surface area (Å²) >= 11 is 0. The first-order valence-corrected chi connectivity index (χ1v) is 7.83. The van der Waals surface area contributed by atoms with Gasteiger partial charge >= 0.3 is 0 Å². The number of nitrogens with zero attached hydrogens (tertiary/aromatic N) is 4. The first-order valence-electron chi connectivity index (χ1n) is 7.83. The number of carbonyl (C=O) groups is 1. The number of aromatic nitrogens is 2. The summed E-state index contributed by atoms with van der Waals surface area (Å²) in [6.45, 7) is 3.72. The van der Waals surface area contributed by atoms with E-state index in [4.69, 9.17) is 5.73 Å². The molecular weight excluding hydrogens is 266 g/mol. The van der Waals surface area contributed by atoms with Crippen molar-refractivity contribution in [3.63, 3.8) is 0 Å². The van der Waals surface area contributed by atoms with E-state index >= 15 is 0 Å². The standard InChI is InChI=1S/C15H23N5O/c16-14(21)13-5-4-8-20(13)11-12-9-17-15(18-10-12)19-6-2-1-3-7-19/h9-10,13H,1-8,11H2,(H2,16,21). The zero-order valence-corrected chi connectivity index (χ0v) is 12.4. The molecule has 6 nitrogen and oxygen atoms in total. The highest BCUT2D eigenvalue weighted by Gasteiger charge is 2.28. The largest absolute Gasteiger partial charge is 0.368 e. The van der Waals surface area contributed by atoms with Crippen molar-refractivity contribution in [2.75, 3.05) is 24.5 Å². The van der Waals surface area contributed by atoms with Crippen molar-refractivity contribution in [3.8, 4) is 0 Å². The van der Waals surface area contributed by atoms with E-state index in [-0.39, 0.29) is 11.9 Å². The topological polar surface area (TPSA) is 75.4 Å². The maximum atomic E-state index is 11.4. The zero-order chi connectivity index (χ0) is 14.7. The van der Waals surface area contributed by atoms with Crippen molar-refractivity contribution in [2.24, 2.45) is 5.73 Å². The molecule has 21 heavy (non-hydrogen) atoms. The zero-order valence-electron chi connectivity index (χ0n) is 12.4. The van der Waals surface area contributed by atoms with Crippen LogP contribution in [-0.2, 0) is 11.3 Å². The van der Waals surface area contributed by atoms with E-state index in [1.165, 1.54) is 19.3 Å². The Morgan fingerprint density at radius 3 is 2.52 bits per heavy atom. The molecule has 1 atom stereocenters. The Labute approximate surface area is 125 Å². The van der Waals surface area contributed by atoms with Crippen molar-refractivity contribution in [3.05, 3.63) is 18.0 Å². The Morgan fingerprint density at radius 2 is 1.86 bits per heavy atom. The molecule has 0 spiro atoms. The number of amides is 1. The predicted octanol–water partition coefficient (Wildman–Crippen LogP) is 0.917. The van der Waals surface area contributed by atoms with Crippen molar-refractivity contribution in [2.45, 2.75) is 44.7 Å². The van der Waals surface area contributed by atoms with Gasteiger partial charge in [0.2, 0.25) is 11.9 Å². The molecule has 0 saturated carbocycles. The summed E-state index contributed by atoms with van der Waals surface area (Å²) in [6.07, 6.45) is 9.40. The summed E-state index contributed by atoms with van der Waals surface area (Å²) in [5.74, 6) is 0.602. The van der Waals surface area contributed by atoms with Gasteiger partial charge in [-0.05, 0) is 38.6 Å². The normalized spacial score (nSPS) is 23.4. The molecule has 0 radical (unpaired) electrons. The monoisotopic (exact) mass is 289 g/mol. The fraction of sp³-hybridized carbons (Fsp3) is 0.667. The van der Waals surface area contributed by atoms with Gasteiger partial charge in [0.25, 0.3) is 0 Å². The maximum Gasteiger partial charge on any atom is 0.234 e. The van der Waals surface area contributed by atoms with E-state index in [1.807, 2.05) is 12.4 Å². The molecule has 0 aromatic carbocycles. The number of likely N-dealkylation sites (tertiary alicyclic amines) is 1. The van der Waals surface area contributed by atoms with Crippen LogP contribution in [0.4, 0.5) is 5.95 Å². The number of primary amides is 1. The van der Waals surface area contributed by atoms with Crippen LogP contribution in [0.5, 0.6) is 0 Å². The van der Waals surface area contributed by atoms with Crippen molar-refractivity contribution >= 4 is 11.9 Å². The number of carbonyl (C=O) groups excluding carboxylic acids is 1. The van der Waals surface area contributed by atoms with Crippen LogP contribution in [0, 0.1) is 0 Å². The van der Waals surface area contributed by atoms with Crippen LogP contribution < -0.4 is 10.6 Å². The van der Waals surface area contributed by atoms with Gasteiger partial charge < -0.3 is 10.6 Å². The van der Waals surface area contributed by atoms with Crippen LogP contribution in [0.3, 0.4) is 0 Å². The number of piperidine rings is 1. The minimum absolute atomic E-state index is 0.133. The van der Waals surface area contributed by atoms with E-state index < -0.39 is 0 Å². The van der Waals surface area contributed by atoms with Crippen molar-refractivity contribution in [1.29, 1.82) is 0 Å². The first-order chi connectivity index (χ1) is 10.2. The van der Waals surface area contributed by atoms with E-state index in [1.54, 1.807) is 0 Å². The van der Waals surface area contributed by atoms with E-state index in [9.17, 15) is 4.79 Å². The number of nitrogens with two attached hydrogens (primary N) is 1. The van der Waals surface area contributed by atoms with Gasteiger partial charge in [-0.3, -0.25) is 9.69 Å². The predicted molar refractivity (Wildman–Crippen MR) is 80.7 cm³/mol. The molecule has 0 bridgehead atoms. The summed E-state index contributed by atoms with van der Waals surface area (Å²) < 4.78 is 0. The molecule has 2 aliphatic rings.